The Bertz CT molecular complexity index is 1370. The molecule has 5 rings (SSSR count). The minimum Gasteiger partial charge on any atom is -0.304 e. The molecule has 6 nitrogen and oxygen atoms in total. The van der Waals surface area contributed by atoms with E-state index in [0.717, 1.165) is 16.0 Å². The Morgan fingerprint density at radius 1 is 0.969 bits per heavy atom. The van der Waals surface area contributed by atoms with Gasteiger partial charge in [-0.1, -0.05) is 59.6 Å². The number of rotatable bonds is 3. The van der Waals surface area contributed by atoms with Gasteiger partial charge in [0.05, 0.1) is 12.2 Å². The maximum atomic E-state index is 14.1. The molecule has 2 aliphatic rings. The molecule has 1 spiro atoms. The van der Waals surface area contributed by atoms with Gasteiger partial charge in [-0.05, 0) is 42.8 Å². The second-order valence-electron chi connectivity index (χ2n) is 8.01. The smallest absolute Gasteiger partial charge is 0.274 e. The molecule has 0 N–H and O–H groups in total. The lowest BCUT2D eigenvalue weighted by Crippen LogP contribution is -2.54. The highest BCUT2D eigenvalue weighted by atomic mass is 35.5. The monoisotopic (exact) mass is 466 g/mol. The van der Waals surface area contributed by atoms with E-state index in [1.54, 1.807) is 30.3 Å². The van der Waals surface area contributed by atoms with Crippen LogP contribution in [0.4, 0.5) is 11.4 Å². The average molecular weight is 467 g/mol. The Hall–Kier alpha value is -3.16. The third-order valence-corrected chi connectivity index (χ3v) is 8.26. The van der Waals surface area contributed by atoms with E-state index in [9.17, 15) is 18.0 Å². The number of fused-ring (bicyclic) bond motifs is 2. The highest BCUT2D eigenvalue weighted by Gasteiger charge is 2.69. The first kappa shape index (κ1) is 20.7. The number of carbonyl (C=O) groups is 2. The Kier molecular flexibility index (Phi) is 4.65. The van der Waals surface area contributed by atoms with Crippen LogP contribution in [-0.4, -0.2) is 26.0 Å². The summed E-state index contributed by atoms with van der Waals surface area (Å²) >= 11 is 6.15. The van der Waals surface area contributed by atoms with Gasteiger partial charge >= 0.3 is 0 Å². The molecular weight excluding hydrogens is 448 g/mol. The van der Waals surface area contributed by atoms with Gasteiger partial charge in [0.15, 0.2) is 9.84 Å². The Labute approximate surface area is 190 Å². The van der Waals surface area contributed by atoms with Crippen molar-refractivity contribution in [1.29, 1.82) is 0 Å². The van der Waals surface area contributed by atoms with Crippen molar-refractivity contribution in [1.82, 2.24) is 0 Å². The fourth-order valence-corrected chi connectivity index (χ4v) is 6.80. The van der Waals surface area contributed by atoms with Gasteiger partial charge in [-0.15, -0.1) is 0 Å². The first-order valence-corrected chi connectivity index (χ1v) is 12.1. The number of amides is 2. The molecule has 8 heteroatoms. The second kappa shape index (κ2) is 7.18. The van der Waals surface area contributed by atoms with Crippen molar-refractivity contribution < 1.29 is 18.0 Å². The maximum absolute atomic E-state index is 14.1. The van der Waals surface area contributed by atoms with Crippen molar-refractivity contribution >= 4 is 44.6 Å². The number of halogens is 1. The molecular formula is C24H19ClN2O4S. The highest BCUT2D eigenvalue weighted by molar-refractivity contribution is 7.94. The van der Waals surface area contributed by atoms with Crippen LogP contribution >= 0.6 is 11.6 Å². The van der Waals surface area contributed by atoms with Crippen LogP contribution in [0.25, 0.3) is 0 Å². The summed E-state index contributed by atoms with van der Waals surface area (Å²) in [6, 6.07) is 20.9. The number of carbonyl (C=O) groups excluding carboxylic acids is 2. The van der Waals surface area contributed by atoms with Crippen LogP contribution in [0.5, 0.6) is 0 Å². The third kappa shape index (κ3) is 2.81. The lowest BCUT2D eigenvalue weighted by Gasteiger charge is -2.32. The molecule has 0 bridgehead atoms. The van der Waals surface area contributed by atoms with Gasteiger partial charge in [-0.25, -0.2) is 8.42 Å². The molecule has 1 atom stereocenters. The first-order chi connectivity index (χ1) is 15.3. The topological polar surface area (TPSA) is 74.8 Å². The standard InChI is InChI=1S/C24H19ClN2O4S/c1-16-10-11-21-20(12-16)24(23(29)26(21)14-17-6-3-2-4-7-17)27(22(28)15-32(24,30)31)19-9-5-8-18(25)13-19/h2-13H,14-15H2,1H3/t24-/m0/s1. The molecule has 32 heavy (non-hydrogen) atoms. The van der Waals surface area contributed by atoms with Crippen LogP contribution in [0, 0.1) is 6.92 Å². The molecule has 2 heterocycles. The number of aryl methyl sites for hydroxylation is 1. The summed E-state index contributed by atoms with van der Waals surface area (Å²) < 4.78 is 27.2. The van der Waals surface area contributed by atoms with E-state index < -0.39 is 32.3 Å². The summed E-state index contributed by atoms with van der Waals surface area (Å²) in [5, 5.41) is 0.339. The van der Waals surface area contributed by atoms with Crippen LogP contribution in [-0.2, 0) is 30.8 Å². The number of nitrogens with zero attached hydrogens (tertiary/aromatic N) is 2. The lowest BCUT2D eigenvalue weighted by atomic mass is 10.0. The van der Waals surface area contributed by atoms with Crippen molar-refractivity contribution in [3.8, 4) is 0 Å². The number of benzene rings is 3. The first-order valence-electron chi connectivity index (χ1n) is 10.0. The van der Waals surface area contributed by atoms with Gasteiger partial charge in [0.25, 0.3) is 10.8 Å². The average Bonchev–Trinajstić information content (AvgIpc) is 3.11. The molecule has 0 radical (unpaired) electrons. The van der Waals surface area contributed by atoms with Gasteiger partial charge in [0.2, 0.25) is 5.91 Å². The van der Waals surface area contributed by atoms with E-state index in [4.69, 9.17) is 11.6 Å². The third-order valence-electron chi connectivity index (χ3n) is 5.92. The van der Waals surface area contributed by atoms with Crippen molar-refractivity contribution in [2.24, 2.45) is 0 Å². The van der Waals surface area contributed by atoms with E-state index >= 15 is 0 Å². The van der Waals surface area contributed by atoms with Crippen LogP contribution in [0.3, 0.4) is 0 Å². The molecule has 3 aromatic rings. The minimum atomic E-state index is -4.21. The van der Waals surface area contributed by atoms with E-state index in [1.165, 1.54) is 11.0 Å². The quantitative estimate of drug-likeness (QED) is 0.588. The van der Waals surface area contributed by atoms with E-state index in [2.05, 4.69) is 0 Å². The molecule has 0 unspecified atom stereocenters. The molecule has 0 aromatic heterocycles. The maximum Gasteiger partial charge on any atom is 0.274 e. The minimum absolute atomic E-state index is 0.185. The van der Waals surface area contributed by atoms with Crippen LogP contribution in [0.1, 0.15) is 16.7 Å². The summed E-state index contributed by atoms with van der Waals surface area (Å²) in [4.78, 5) is 27.6. The zero-order chi connectivity index (χ0) is 22.7. The van der Waals surface area contributed by atoms with E-state index in [0.29, 0.717) is 16.3 Å². The van der Waals surface area contributed by atoms with Crippen LogP contribution < -0.4 is 9.80 Å². The van der Waals surface area contributed by atoms with E-state index in [-0.39, 0.29) is 12.2 Å². The van der Waals surface area contributed by atoms with Gasteiger partial charge < -0.3 is 4.90 Å². The molecule has 1 saturated heterocycles. The van der Waals surface area contributed by atoms with E-state index in [1.807, 2.05) is 43.3 Å². The summed E-state index contributed by atoms with van der Waals surface area (Å²) in [5.41, 5.74) is 2.68. The summed E-state index contributed by atoms with van der Waals surface area (Å²) in [6.45, 7) is 2.01. The predicted octanol–water partition coefficient (Wildman–Crippen LogP) is 3.81. The number of hydrogen-bond donors (Lipinski definition) is 0. The zero-order valence-electron chi connectivity index (χ0n) is 17.2. The normalized spacial score (nSPS) is 21.4. The Morgan fingerprint density at radius 3 is 2.44 bits per heavy atom. The van der Waals surface area contributed by atoms with Gasteiger partial charge in [0.1, 0.15) is 5.75 Å². The Morgan fingerprint density at radius 2 is 1.72 bits per heavy atom. The largest absolute Gasteiger partial charge is 0.304 e. The lowest BCUT2D eigenvalue weighted by molar-refractivity contribution is -0.123. The van der Waals surface area contributed by atoms with Crippen LogP contribution in [0.2, 0.25) is 5.02 Å². The summed E-state index contributed by atoms with van der Waals surface area (Å²) in [7, 11) is -4.21. The number of hydrogen-bond acceptors (Lipinski definition) is 4. The predicted molar refractivity (Wildman–Crippen MR) is 123 cm³/mol. The molecule has 2 aliphatic heterocycles. The Balaban J connectivity index is 1.78. The molecule has 162 valence electrons. The molecule has 1 fully saturated rings. The fourth-order valence-electron chi connectivity index (χ4n) is 4.59. The van der Waals surface area contributed by atoms with Crippen molar-refractivity contribution in [2.75, 3.05) is 15.6 Å². The zero-order valence-corrected chi connectivity index (χ0v) is 18.7. The van der Waals surface area contributed by atoms with Gasteiger partial charge in [-0.3, -0.25) is 14.5 Å². The van der Waals surface area contributed by atoms with Crippen LogP contribution in [0.15, 0.2) is 72.8 Å². The van der Waals surface area contributed by atoms with Crippen molar-refractivity contribution in [3.63, 3.8) is 0 Å². The highest BCUT2D eigenvalue weighted by Crippen LogP contribution is 2.53. The van der Waals surface area contributed by atoms with Gasteiger partial charge in [-0.2, -0.15) is 0 Å². The molecule has 0 aliphatic carbocycles. The molecule has 0 saturated carbocycles. The fraction of sp³-hybridized carbons (Fsp3) is 0.167. The second-order valence-corrected chi connectivity index (χ2v) is 10.6. The number of sulfone groups is 1. The molecule has 3 aromatic carbocycles. The van der Waals surface area contributed by atoms with Gasteiger partial charge in [0, 0.05) is 16.3 Å². The van der Waals surface area contributed by atoms with Crippen molar-refractivity contribution in [3.05, 3.63) is 94.5 Å². The molecule has 2 amide bonds. The SMILES string of the molecule is Cc1ccc2c(c1)[C@]1(C(=O)N2Cc2ccccc2)N(c2cccc(Cl)c2)C(=O)CS1(=O)=O. The summed E-state index contributed by atoms with van der Waals surface area (Å²) in [6.07, 6.45) is 0. The summed E-state index contributed by atoms with van der Waals surface area (Å²) in [5.74, 6) is -2.07. The number of anilines is 2. The van der Waals surface area contributed by atoms with Crippen molar-refractivity contribution in [2.45, 2.75) is 18.3 Å².